The maximum Gasteiger partial charge on any atom is 0.121 e. The van der Waals surface area contributed by atoms with Crippen LogP contribution in [-0.4, -0.2) is 7.11 Å². The number of fused-ring (bicyclic) bond motifs is 2. The lowest BCUT2D eigenvalue weighted by Gasteiger charge is -2.18. The minimum Gasteiger partial charge on any atom is -0.497 e. The highest BCUT2D eigenvalue weighted by atomic mass is 32.1. The maximum atomic E-state index is 6.28. The Morgan fingerprint density at radius 2 is 2.26 bits per heavy atom. The summed E-state index contributed by atoms with van der Waals surface area (Å²) in [4.78, 5) is 1.36. The number of nitrogens with zero attached hydrogens (tertiary/aromatic N) is 1. The predicted molar refractivity (Wildman–Crippen MR) is 80.3 cm³/mol. The summed E-state index contributed by atoms with van der Waals surface area (Å²) in [5, 5.41) is 6.32. The van der Waals surface area contributed by atoms with Gasteiger partial charge in [-0.05, 0) is 24.6 Å². The van der Waals surface area contributed by atoms with E-state index in [0.29, 0.717) is 0 Å². The fourth-order valence-electron chi connectivity index (χ4n) is 2.27. The van der Waals surface area contributed by atoms with Crippen molar-refractivity contribution < 1.29 is 4.74 Å². The summed E-state index contributed by atoms with van der Waals surface area (Å²) in [7, 11) is 1.67. The van der Waals surface area contributed by atoms with Crippen LogP contribution in [0, 0.1) is 0 Å². The monoisotopic (exact) mass is 275 g/mol. The van der Waals surface area contributed by atoms with Gasteiger partial charge in [0.15, 0.2) is 0 Å². The molecule has 19 heavy (non-hydrogen) atoms. The van der Waals surface area contributed by atoms with Crippen molar-refractivity contribution in [1.82, 2.24) is 0 Å². The van der Waals surface area contributed by atoms with Gasteiger partial charge in [0.25, 0.3) is 0 Å². The van der Waals surface area contributed by atoms with Crippen molar-refractivity contribution in [3.63, 3.8) is 0 Å². The average Bonchev–Trinajstić information content (AvgIpc) is 2.82. The summed E-state index contributed by atoms with van der Waals surface area (Å²) in [6.07, 6.45) is 1.04. The van der Waals surface area contributed by atoms with Gasteiger partial charge in [0.05, 0.1) is 18.5 Å². The molecule has 0 saturated carbocycles. The highest BCUT2D eigenvalue weighted by Gasteiger charge is 2.21. The van der Waals surface area contributed by atoms with E-state index in [9.17, 15) is 0 Å². The molecule has 0 aliphatic carbocycles. The highest BCUT2D eigenvalue weighted by molar-refractivity contribution is 7.16. The Bertz CT molecular complexity index is 609. The number of aryl methyl sites for hydroxylation is 1. The minimum absolute atomic E-state index is 0.791. The summed E-state index contributed by atoms with van der Waals surface area (Å²) in [5.41, 5.74) is 3.23. The van der Waals surface area contributed by atoms with E-state index in [-0.39, 0.29) is 0 Å². The summed E-state index contributed by atoms with van der Waals surface area (Å²) in [6.45, 7) is 2.96. The van der Waals surface area contributed by atoms with Crippen LogP contribution in [0.15, 0.2) is 24.3 Å². The third kappa shape index (κ3) is 2.05. The zero-order valence-corrected chi connectivity index (χ0v) is 11.9. The van der Waals surface area contributed by atoms with Crippen molar-refractivity contribution in [2.24, 2.45) is 5.84 Å². The fraction of sp³-hybridized carbons (Fsp3) is 0.286. The molecule has 1 aliphatic rings. The number of hydrogen-bond acceptors (Lipinski definition) is 5. The fourth-order valence-corrected chi connectivity index (χ4v) is 3.33. The highest BCUT2D eigenvalue weighted by Crippen LogP contribution is 2.41. The van der Waals surface area contributed by atoms with Crippen molar-refractivity contribution in [1.29, 1.82) is 0 Å². The number of hydrazine groups is 1. The Morgan fingerprint density at radius 3 is 3.00 bits per heavy atom. The van der Waals surface area contributed by atoms with Crippen LogP contribution in [0.1, 0.15) is 17.4 Å². The molecule has 0 spiro atoms. The molecule has 0 atom stereocenters. The number of nitrogens with two attached hydrogens (primary N) is 1. The van der Waals surface area contributed by atoms with Gasteiger partial charge in [-0.2, -0.15) is 0 Å². The SMILES string of the molecule is CCc1cc2c(s1)N(N)c1ccc(OC)cc1NC2. The number of nitrogens with one attached hydrogen (secondary N) is 1. The lowest BCUT2D eigenvalue weighted by Crippen LogP contribution is -2.24. The molecule has 0 unspecified atom stereocenters. The Hall–Kier alpha value is -1.72. The molecule has 5 heteroatoms. The van der Waals surface area contributed by atoms with Gasteiger partial charge in [0.1, 0.15) is 10.8 Å². The van der Waals surface area contributed by atoms with E-state index in [2.05, 4.69) is 18.3 Å². The topological polar surface area (TPSA) is 50.5 Å². The van der Waals surface area contributed by atoms with E-state index in [1.54, 1.807) is 23.5 Å². The minimum atomic E-state index is 0.791. The molecule has 1 aromatic heterocycles. The van der Waals surface area contributed by atoms with Crippen LogP contribution in [-0.2, 0) is 13.0 Å². The third-order valence-electron chi connectivity index (χ3n) is 3.34. The van der Waals surface area contributed by atoms with Crippen LogP contribution in [0.5, 0.6) is 5.75 Å². The first-order chi connectivity index (χ1) is 9.22. The summed E-state index contributed by atoms with van der Waals surface area (Å²) in [6, 6.07) is 8.13. The number of hydrogen-bond donors (Lipinski definition) is 2. The van der Waals surface area contributed by atoms with Crippen molar-refractivity contribution in [2.45, 2.75) is 19.9 Å². The quantitative estimate of drug-likeness (QED) is 0.826. The second-order valence-electron chi connectivity index (χ2n) is 4.50. The molecule has 3 N–H and O–H groups in total. The molecule has 4 nitrogen and oxygen atoms in total. The van der Waals surface area contributed by atoms with Gasteiger partial charge < -0.3 is 10.1 Å². The van der Waals surface area contributed by atoms with Crippen molar-refractivity contribution >= 4 is 27.7 Å². The molecular weight excluding hydrogens is 258 g/mol. The molecule has 0 fully saturated rings. The third-order valence-corrected chi connectivity index (χ3v) is 4.66. The molecule has 3 rings (SSSR count). The first-order valence-corrected chi connectivity index (χ1v) is 7.13. The summed E-state index contributed by atoms with van der Waals surface area (Å²) in [5.74, 6) is 7.11. The molecular formula is C14H17N3OS. The lowest BCUT2D eigenvalue weighted by atomic mass is 10.2. The first-order valence-electron chi connectivity index (χ1n) is 6.31. The molecule has 0 amide bonds. The smallest absolute Gasteiger partial charge is 0.121 e. The number of thiophene rings is 1. The zero-order valence-electron chi connectivity index (χ0n) is 11.1. The van der Waals surface area contributed by atoms with Gasteiger partial charge in [0.2, 0.25) is 0 Å². The molecule has 1 aromatic carbocycles. The Kier molecular flexibility index (Phi) is 3.08. The molecule has 0 saturated heterocycles. The number of benzene rings is 1. The van der Waals surface area contributed by atoms with Crippen LogP contribution in [0.4, 0.5) is 16.4 Å². The van der Waals surface area contributed by atoms with Crippen LogP contribution in [0.3, 0.4) is 0 Å². The lowest BCUT2D eigenvalue weighted by molar-refractivity contribution is 0.415. The molecule has 0 radical (unpaired) electrons. The normalized spacial score (nSPS) is 13.3. The molecule has 0 bridgehead atoms. The van der Waals surface area contributed by atoms with E-state index in [4.69, 9.17) is 10.6 Å². The Balaban J connectivity index is 2.06. The van der Waals surface area contributed by atoms with Crippen LogP contribution in [0.2, 0.25) is 0 Å². The zero-order chi connectivity index (χ0) is 13.4. The standard InChI is InChI=1S/C14H17N3OS/c1-3-11-6-9-8-16-12-7-10(18-2)4-5-13(12)17(15)14(9)19-11/h4-7,16H,3,8,15H2,1-2H3. The van der Waals surface area contributed by atoms with Gasteiger partial charge in [-0.3, -0.25) is 5.01 Å². The first kappa shape index (κ1) is 12.3. The molecule has 2 heterocycles. The summed E-state index contributed by atoms with van der Waals surface area (Å²) >= 11 is 1.76. The molecule has 1 aliphatic heterocycles. The van der Waals surface area contributed by atoms with Crippen LogP contribution in [0.25, 0.3) is 0 Å². The van der Waals surface area contributed by atoms with Crippen molar-refractivity contribution in [3.8, 4) is 5.75 Å². The second kappa shape index (κ2) is 4.75. The van der Waals surface area contributed by atoms with E-state index >= 15 is 0 Å². The van der Waals surface area contributed by atoms with E-state index < -0.39 is 0 Å². The number of rotatable bonds is 2. The van der Waals surface area contributed by atoms with Gasteiger partial charge in [0, 0.05) is 23.1 Å². The number of ether oxygens (including phenoxy) is 1. The Labute approximate surface area is 116 Å². The molecule has 100 valence electrons. The number of anilines is 3. The maximum absolute atomic E-state index is 6.28. The van der Waals surface area contributed by atoms with E-state index in [1.807, 2.05) is 18.2 Å². The van der Waals surface area contributed by atoms with Gasteiger partial charge in [-0.25, -0.2) is 5.84 Å². The van der Waals surface area contributed by atoms with Gasteiger partial charge in [-0.15, -0.1) is 11.3 Å². The second-order valence-corrected chi connectivity index (χ2v) is 5.62. The summed E-state index contributed by atoms with van der Waals surface area (Å²) < 4.78 is 5.25. The van der Waals surface area contributed by atoms with E-state index in [0.717, 1.165) is 35.1 Å². The van der Waals surface area contributed by atoms with Crippen LogP contribution >= 0.6 is 11.3 Å². The van der Waals surface area contributed by atoms with Crippen molar-refractivity contribution in [2.75, 3.05) is 17.4 Å². The predicted octanol–water partition coefficient (Wildman–Crippen LogP) is 3.26. The van der Waals surface area contributed by atoms with Crippen molar-refractivity contribution in [3.05, 3.63) is 34.7 Å². The number of methoxy groups -OCH3 is 1. The Morgan fingerprint density at radius 1 is 1.42 bits per heavy atom. The largest absolute Gasteiger partial charge is 0.497 e. The van der Waals surface area contributed by atoms with Crippen LogP contribution < -0.4 is 20.9 Å². The van der Waals surface area contributed by atoms with Gasteiger partial charge >= 0.3 is 0 Å². The average molecular weight is 275 g/mol. The van der Waals surface area contributed by atoms with Gasteiger partial charge in [-0.1, -0.05) is 6.92 Å². The van der Waals surface area contributed by atoms with E-state index in [1.165, 1.54) is 10.4 Å². The molecule has 2 aromatic rings.